The Bertz CT molecular complexity index is 811. The summed E-state index contributed by atoms with van der Waals surface area (Å²) in [7, 11) is 1.65. The number of thiazole rings is 1. The Hall–Kier alpha value is -2.36. The van der Waals surface area contributed by atoms with E-state index in [4.69, 9.17) is 0 Å². The number of halogens is 3. The van der Waals surface area contributed by atoms with Crippen molar-refractivity contribution in [3.05, 3.63) is 40.0 Å². The van der Waals surface area contributed by atoms with E-state index in [0.717, 1.165) is 41.2 Å². The number of nitrogens with one attached hydrogen (secondary N) is 2. The van der Waals surface area contributed by atoms with Crippen LogP contribution in [0.3, 0.4) is 0 Å². The second kappa shape index (κ2) is 10.6. The molecule has 0 aliphatic carbocycles. The highest BCUT2D eigenvalue weighted by Crippen LogP contribution is 2.30. The number of rotatable bonds is 6. The number of aliphatic imine (C=N–C) groups is 1. The number of hydrogen-bond acceptors (Lipinski definition) is 5. The summed E-state index contributed by atoms with van der Waals surface area (Å²) >= 11 is 1.02. The van der Waals surface area contributed by atoms with Crippen LogP contribution in [0.4, 0.5) is 19.0 Å². The van der Waals surface area contributed by atoms with Crippen LogP contribution in [0, 0.1) is 0 Å². The molecule has 10 heteroatoms. The van der Waals surface area contributed by atoms with Gasteiger partial charge in [0.1, 0.15) is 5.82 Å². The molecule has 2 N–H and O–H groups in total. The van der Waals surface area contributed by atoms with Crippen molar-refractivity contribution in [3.8, 4) is 0 Å². The lowest BCUT2D eigenvalue weighted by Crippen LogP contribution is -2.37. The van der Waals surface area contributed by atoms with Crippen molar-refractivity contribution >= 4 is 23.1 Å². The summed E-state index contributed by atoms with van der Waals surface area (Å²) in [4.78, 5) is 14.7. The molecule has 0 aromatic carbocycles. The third-order valence-corrected chi connectivity index (χ3v) is 5.80. The fourth-order valence-electron chi connectivity index (χ4n) is 3.26. The Kier molecular flexibility index (Phi) is 7.89. The summed E-state index contributed by atoms with van der Waals surface area (Å²) in [5.41, 5.74) is 0.201. The highest BCUT2D eigenvalue weighted by atomic mass is 32.1. The zero-order valence-corrected chi connectivity index (χ0v) is 17.8. The van der Waals surface area contributed by atoms with Gasteiger partial charge < -0.3 is 15.5 Å². The Morgan fingerprint density at radius 1 is 1.17 bits per heavy atom. The number of guanidine groups is 1. The average Bonchev–Trinajstić information content (AvgIpc) is 3.05. The minimum absolute atomic E-state index is 0.396. The van der Waals surface area contributed by atoms with Gasteiger partial charge in [-0.15, -0.1) is 11.3 Å². The van der Waals surface area contributed by atoms with Gasteiger partial charge in [0.15, 0.2) is 11.7 Å². The number of nitrogens with zero attached hydrogens (tertiary/aromatic N) is 4. The van der Waals surface area contributed by atoms with E-state index in [-0.39, 0.29) is 0 Å². The molecular formula is C20H27F3N6S. The quantitative estimate of drug-likeness (QED) is 0.528. The third-order valence-electron chi connectivity index (χ3n) is 4.90. The molecule has 1 aliphatic rings. The molecule has 6 nitrogen and oxygen atoms in total. The molecule has 2 aromatic heterocycles. The van der Waals surface area contributed by atoms with Gasteiger partial charge in [0.2, 0.25) is 0 Å². The first-order valence-corrected chi connectivity index (χ1v) is 11.0. The second-order valence-electron chi connectivity index (χ2n) is 7.15. The van der Waals surface area contributed by atoms with Crippen LogP contribution >= 0.6 is 11.3 Å². The van der Waals surface area contributed by atoms with E-state index in [1.165, 1.54) is 25.7 Å². The predicted molar refractivity (Wildman–Crippen MR) is 114 cm³/mol. The molecule has 0 saturated carbocycles. The Labute approximate surface area is 178 Å². The standard InChI is InChI=1S/C20H27F3N6S/c1-24-19(25-9-8-18-28-16(14-30-18)20(21,22)23)27-13-15-6-7-17(26-12-15)29-10-4-2-3-5-11-29/h6-7,12,14H,2-5,8-11,13H2,1H3,(H2,24,25,27). The molecule has 0 bridgehead atoms. The van der Waals surface area contributed by atoms with E-state index < -0.39 is 11.9 Å². The number of anilines is 1. The topological polar surface area (TPSA) is 65.4 Å². The van der Waals surface area contributed by atoms with Crippen LogP contribution < -0.4 is 15.5 Å². The molecule has 2 aromatic rings. The number of pyridine rings is 1. The maximum absolute atomic E-state index is 12.6. The van der Waals surface area contributed by atoms with E-state index in [1.807, 2.05) is 6.20 Å². The maximum Gasteiger partial charge on any atom is 0.434 e. The SMILES string of the molecule is CN=C(NCCc1nc(C(F)(F)F)cs1)NCc1ccc(N2CCCCCC2)nc1. The summed E-state index contributed by atoms with van der Waals surface area (Å²) in [6, 6.07) is 4.11. The molecule has 0 spiro atoms. The minimum atomic E-state index is -4.39. The van der Waals surface area contributed by atoms with Crippen molar-refractivity contribution in [2.45, 2.75) is 44.8 Å². The fraction of sp³-hybridized carbons (Fsp3) is 0.550. The summed E-state index contributed by atoms with van der Waals surface area (Å²) in [5.74, 6) is 1.60. The Morgan fingerprint density at radius 2 is 1.93 bits per heavy atom. The van der Waals surface area contributed by atoms with Gasteiger partial charge in [0.05, 0.1) is 5.01 Å². The summed E-state index contributed by atoms with van der Waals surface area (Å²) in [6.45, 7) is 3.12. The zero-order chi connectivity index (χ0) is 21.4. The van der Waals surface area contributed by atoms with E-state index in [2.05, 4.69) is 42.6 Å². The van der Waals surface area contributed by atoms with Crippen molar-refractivity contribution in [1.82, 2.24) is 20.6 Å². The molecule has 30 heavy (non-hydrogen) atoms. The first kappa shape index (κ1) is 22.3. The number of aromatic nitrogens is 2. The normalized spacial score (nSPS) is 15.7. The van der Waals surface area contributed by atoms with E-state index in [1.54, 1.807) is 7.05 Å². The molecule has 3 rings (SSSR count). The van der Waals surface area contributed by atoms with Gasteiger partial charge in [-0.1, -0.05) is 18.9 Å². The van der Waals surface area contributed by atoms with Gasteiger partial charge in [-0.3, -0.25) is 4.99 Å². The number of hydrogen-bond donors (Lipinski definition) is 2. The molecule has 1 fully saturated rings. The fourth-order valence-corrected chi connectivity index (χ4v) is 4.06. The van der Waals surface area contributed by atoms with Crippen LogP contribution in [0.15, 0.2) is 28.7 Å². The molecular weight excluding hydrogens is 413 g/mol. The van der Waals surface area contributed by atoms with Crippen LogP contribution in [0.25, 0.3) is 0 Å². The van der Waals surface area contributed by atoms with Crippen LogP contribution in [0.1, 0.15) is 41.9 Å². The first-order chi connectivity index (χ1) is 14.5. The summed E-state index contributed by atoms with van der Waals surface area (Å²) < 4.78 is 37.8. The Balaban J connectivity index is 1.43. The molecule has 1 saturated heterocycles. The first-order valence-electron chi connectivity index (χ1n) is 10.1. The summed E-state index contributed by atoms with van der Waals surface area (Å²) in [6.07, 6.45) is 2.88. The van der Waals surface area contributed by atoms with Crippen molar-refractivity contribution in [2.24, 2.45) is 4.99 Å². The van der Waals surface area contributed by atoms with E-state index >= 15 is 0 Å². The van der Waals surface area contributed by atoms with Crippen molar-refractivity contribution in [1.29, 1.82) is 0 Å². The van der Waals surface area contributed by atoms with Crippen molar-refractivity contribution < 1.29 is 13.2 Å². The van der Waals surface area contributed by atoms with Gasteiger partial charge >= 0.3 is 6.18 Å². The maximum atomic E-state index is 12.6. The Morgan fingerprint density at radius 3 is 2.53 bits per heavy atom. The monoisotopic (exact) mass is 440 g/mol. The largest absolute Gasteiger partial charge is 0.434 e. The molecule has 0 radical (unpaired) electrons. The van der Waals surface area contributed by atoms with Crippen LogP contribution in [-0.4, -0.2) is 42.6 Å². The third kappa shape index (κ3) is 6.58. The van der Waals surface area contributed by atoms with Gasteiger partial charge in [-0.2, -0.15) is 13.2 Å². The van der Waals surface area contributed by atoms with Crippen LogP contribution in [-0.2, 0) is 19.1 Å². The molecule has 1 aliphatic heterocycles. The highest BCUT2D eigenvalue weighted by Gasteiger charge is 2.33. The van der Waals surface area contributed by atoms with Crippen LogP contribution in [0.2, 0.25) is 0 Å². The van der Waals surface area contributed by atoms with Crippen molar-refractivity contribution in [2.75, 3.05) is 31.6 Å². The lowest BCUT2D eigenvalue weighted by molar-refractivity contribution is -0.140. The molecule has 0 unspecified atom stereocenters. The average molecular weight is 441 g/mol. The molecule has 0 amide bonds. The predicted octanol–water partition coefficient (Wildman–Crippen LogP) is 3.85. The molecule has 3 heterocycles. The summed E-state index contributed by atoms with van der Waals surface area (Å²) in [5, 5.41) is 7.79. The van der Waals surface area contributed by atoms with E-state index in [0.29, 0.717) is 30.5 Å². The minimum Gasteiger partial charge on any atom is -0.357 e. The smallest absolute Gasteiger partial charge is 0.357 e. The highest BCUT2D eigenvalue weighted by molar-refractivity contribution is 7.09. The number of alkyl halides is 3. The zero-order valence-electron chi connectivity index (χ0n) is 17.0. The second-order valence-corrected chi connectivity index (χ2v) is 8.10. The van der Waals surface area contributed by atoms with Gasteiger partial charge in [-0.05, 0) is 24.5 Å². The van der Waals surface area contributed by atoms with E-state index in [9.17, 15) is 13.2 Å². The van der Waals surface area contributed by atoms with Crippen LogP contribution in [0.5, 0.6) is 0 Å². The molecule has 164 valence electrons. The van der Waals surface area contributed by atoms with Crippen molar-refractivity contribution in [3.63, 3.8) is 0 Å². The van der Waals surface area contributed by atoms with Gasteiger partial charge in [0, 0.05) is 51.2 Å². The lowest BCUT2D eigenvalue weighted by Gasteiger charge is -2.21. The lowest BCUT2D eigenvalue weighted by atomic mass is 10.2. The van der Waals surface area contributed by atoms with Gasteiger partial charge in [0.25, 0.3) is 0 Å². The van der Waals surface area contributed by atoms with Gasteiger partial charge in [-0.25, -0.2) is 9.97 Å². The molecule has 0 atom stereocenters.